The maximum atomic E-state index is 12.8. The Bertz CT molecular complexity index is 1680. The number of carbonyl (C=O) groups excluding carboxylic acids is 3. The Morgan fingerprint density at radius 1 is 0.276 bits per heavy atom. The summed E-state index contributed by atoms with van der Waals surface area (Å²) in [6, 6.07) is 0. The molecule has 0 aliphatic carbocycles. The van der Waals surface area contributed by atoms with Crippen molar-refractivity contribution in [1.29, 1.82) is 0 Å². The predicted octanol–water partition coefficient (Wildman–Crippen LogP) is 21.2. The fraction of sp³-hybridized carbons (Fsp3) is 0.614. The molecule has 0 rings (SSSR count). The second-order valence-electron chi connectivity index (χ2n) is 19.9. The standard InChI is InChI=1S/C70H112O6/c1-4-7-10-13-16-18-20-22-24-26-27-28-29-30-31-32-33-34-35-36-37-38-39-40-41-42-43-44-46-47-49-51-54-57-60-63-69(72)75-66-67(65-74-68(71)62-59-56-53-15-12-9-6-3)76-70(73)64-61-58-55-52-50-48-45-25-23-21-19-17-14-11-8-5-2/h7,10,16,18-19,21-22,24-25,27-28,30-31,33-34,36-37,39-40,42-43,45-47,67H,4-6,8-9,11-15,17,20,23,26,29,32,35,38,41,44,48-66H2,1-3H3/b10-7-,18-16-,21-19-,24-22-,28-27-,31-30-,34-33-,37-36-,40-39-,43-42-,45-25-,47-46-. The Balaban J connectivity index is 4.22. The summed E-state index contributed by atoms with van der Waals surface area (Å²) in [5, 5.41) is 0. The number of hydrogen-bond donors (Lipinski definition) is 0. The predicted molar refractivity (Wildman–Crippen MR) is 329 cm³/mol. The van der Waals surface area contributed by atoms with Crippen LogP contribution < -0.4 is 0 Å². The molecule has 0 aliphatic rings. The number of ether oxygens (including phenoxy) is 3. The molecule has 6 nitrogen and oxygen atoms in total. The van der Waals surface area contributed by atoms with Crippen LogP contribution in [0.3, 0.4) is 0 Å². The number of carbonyl (C=O) groups is 3. The van der Waals surface area contributed by atoms with Crippen molar-refractivity contribution in [2.75, 3.05) is 13.2 Å². The van der Waals surface area contributed by atoms with Crippen LogP contribution in [-0.2, 0) is 28.6 Å². The molecule has 428 valence electrons. The first-order valence-corrected chi connectivity index (χ1v) is 30.8. The quantitative estimate of drug-likeness (QED) is 0.0261. The third kappa shape index (κ3) is 60.2. The summed E-state index contributed by atoms with van der Waals surface area (Å²) < 4.78 is 16.8. The van der Waals surface area contributed by atoms with E-state index in [1.165, 1.54) is 57.8 Å². The molecule has 0 saturated heterocycles. The first-order valence-electron chi connectivity index (χ1n) is 30.8. The van der Waals surface area contributed by atoms with Crippen LogP contribution in [0.5, 0.6) is 0 Å². The summed E-state index contributed by atoms with van der Waals surface area (Å²) >= 11 is 0. The molecule has 0 aliphatic heterocycles. The van der Waals surface area contributed by atoms with E-state index < -0.39 is 6.10 Å². The second-order valence-corrected chi connectivity index (χ2v) is 19.9. The molecule has 1 atom stereocenters. The molecule has 6 heteroatoms. The number of hydrogen-bond acceptors (Lipinski definition) is 6. The Labute approximate surface area is 467 Å². The van der Waals surface area contributed by atoms with Crippen LogP contribution in [0.1, 0.15) is 258 Å². The van der Waals surface area contributed by atoms with Crippen molar-refractivity contribution in [1.82, 2.24) is 0 Å². The number of rotatable bonds is 54. The summed E-state index contributed by atoms with van der Waals surface area (Å²) in [7, 11) is 0. The van der Waals surface area contributed by atoms with Crippen molar-refractivity contribution in [3.8, 4) is 0 Å². The molecule has 0 fully saturated rings. The minimum atomic E-state index is -0.798. The van der Waals surface area contributed by atoms with E-state index in [0.29, 0.717) is 19.3 Å². The van der Waals surface area contributed by atoms with Gasteiger partial charge in [-0.25, -0.2) is 0 Å². The zero-order chi connectivity index (χ0) is 55.0. The van der Waals surface area contributed by atoms with Crippen molar-refractivity contribution in [3.63, 3.8) is 0 Å². The van der Waals surface area contributed by atoms with Crippen molar-refractivity contribution < 1.29 is 28.6 Å². The Morgan fingerprint density at radius 3 is 0.816 bits per heavy atom. The van der Waals surface area contributed by atoms with E-state index in [1.54, 1.807) is 0 Å². The van der Waals surface area contributed by atoms with Gasteiger partial charge in [0.05, 0.1) is 0 Å². The third-order valence-electron chi connectivity index (χ3n) is 12.6. The van der Waals surface area contributed by atoms with Gasteiger partial charge in [-0.05, 0) is 128 Å². The van der Waals surface area contributed by atoms with E-state index in [0.717, 1.165) is 161 Å². The van der Waals surface area contributed by atoms with Crippen molar-refractivity contribution >= 4 is 17.9 Å². The highest BCUT2D eigenvalue weighted by molar-refractivity contribution is 5.71. The normalized spacial score (nSPS) is 13.1. The van der Waals surface area contributed by atoms with Crippen molar-refractivity contribution in [2.24, 2.45) is 0 Å². The van der Waals surface area contributed by atoms with Crippen LogP contribution >= 0.6 is 0 Å². The van der Waals surface area contributed by atoms with Gasteiger partial charge in [0.1, 0.15) is 13.2 Å². The summed E-state index contributed by atoms with van der Waals surface area (Å²) in [4.78, 5) is 38.0. The van der Waals surface area contributed by atoms with E-state index in [2.05, 4.69) is 167 Å². The first-order chi connectivity index (χ1) is 37.5. The van der Waals surface area contributed by atoms with Crippen LogP contribution in [0.2, 0.25) is 0 Å². The van der Waals surface area contributed by atoms with Gasteiger partial charge in [-0.3, -0.25) is 14.4 Å². The molecule has 76 heavy (non-hydrogen) atoms. The Hall–Kier alpha value is -4.71. The topological polar surface area (TPSA) is 78.9 Å². The lowest BCUT2D eigenvalue weighted by Crippen LogP contribution is -2.30. The zero-order valence-electron chi connectivity index (χ0n) is 49.0. The van der Waals surface area contributed by atoms with E-state index in [4.69, 9.17) is 14.2 Å². The van der Waals surface area contributed by atoms with Crippen LogP contribution in [0.25, 0.3) is 0 Å². The fourth-order valence-corrected chi connectivity index (χ4v) is 7.97. The smallest absolute Gasteiger partial charge is 0.306 e. The monoisotopic (exact) mass is 1050 g/mol. The minimum absolute atomic E-state index is 0.0951. The molecule has 0 aromatic heterocycles. The molecule has 0 aromatic rings. The highest BCUT2D eigenvalue weighted by Gasteiger charge is 2.19. The van der Waals surface area contributed by atoms with Gasteiger partial charge in [0.15, 0.2) is 6.10 Å². The maximum Gasteiger partial charge on any atom is 0.306 e. The van der Waals surface area contributed by atoms with E-state index in [-0.39, 0.29) is 31.1 Å². The molecule has 0 N–H and O–H groups in total. The molecule has 0 radical (unpaired) electrons. The fourth-order valence-electron chi connectivity index (χ4n) is 7.97. The van der Waals surface area contributed by atoms with Crippen LogP contribution in [0.15, 0.2) is 146 Å². The van der Waals surface area contributed by atoms with Crippen LogP contribution in [-0.4, -0.2) is 37.2 Å². The molecule has 0 spiro atoms. The summed E-state index contributed by atoms with van der Waals surface area (Å²) in [6.45, 7) is 6.42. The van der Waals surface area contributed by atoms with Gasteiger partial charge in [0, 0.05) is 19.3 Å². The lowest BCUT2D eigenvalue weighted by Gasteiger charge is -2.18. The molecule has 1 unspecified atom stereocenters. The van der Waals surface area contributed by atoms with Crippen LogP contribution in [0, 0.1) is 0 Å². The molecule has 0 amide bonds. The van der Waals surface area contributed by atoms with Crippen molar-refractivity contribution in [3.05, 3.63) is 146 Å². The van der Waals surface area contributed by atoms with E-state index in [9.17, 15) is 14.4 Å². The minimum Gasteiger partial charge on any atom is -0.462 e. The zero-order valence-corrected chi connectivity index (χ0v) is 49.0. The molecular formula is C70H112O6. The van der Waals surface area contributed by atoms with Gasteiger partial charge in [0.25, 0.3) is 0 Å². The molecular weight excluding hydrogens is 937 g/mol. The Morgan fingerprint density at radius 2 is 0.513 bits per heavy atom. The molecule has 0 bridgehead atoms. The SMILES string of the molecule is CC/C=C\C/C=C\C/C=C\C/C=C\C/C=C\C/C=C\C/C=C\C/C=C\C/C=C\C/C=C\CCCCCCC(=O)OCC(COC(=O)CCCCCCCCC)OC(=O)CCCCCCC/C=C\C/C=C\CCCCCC. The van der Waals surface area contributed by atoms with E-state index in [1.807, 2.05) is 0 Å². The average Bonchev–Trinajstić information content (AvgIpc) is 3.42. The summed E-state index contributed by atoms with van der Waals surface area (Å²) in [6.07, 6.45) is 90.1. The maximum absolute atomic E-state index is 12.8. The third-order valence-corrected chi connectivity index (χ3v) is 12.6. The second kappa shape index (κ2) is 62.8. The highest BCUT2D eigenvalue weighted by Crippen LogP contribution is 2.13. The van der Waals surface area contributed by atoms with Gasteiger partial charge < -0.3 is 14.2 Å². The number of esters is 3. The Kier molecular flexibility index (Phi) is 58.9. The van der Waals surface area contributed by atoms with Crippen molar-refractivity contribution in [2.45, 2.75) is 264 Å². The first kappa shape index (κ1) is 71.3. The van der Waals surface area contributed by atoms with Gasteiger partial charge in [-0.1, -0.05) is 256 Å². The number of allylic oxidation sites excluding steroid dienone is 24. The molecule has 0 aromatic carbocycles. The van der Waals surface area contributed by atoms with Crippen LogP contribution in [0.4, 0.5) is 0 Å². The number of unbranched alkanes of at least 4 members (excludes halogenated alkanes) is 19. The summed E-state index contributed by atoms with van der Waals surface area (Å²) in [5.74, 6) is -0.946. The summed E-state index contributed by atoms with van der Waals surface area (Å²) in [5.41, 5.74) is 0. The lowest BCUT2D eigenvalue weighted by molar-refractivity contribution is -0.167. The van der Waals surface area contributed by atoms with E-state index >= 15 is 0 Å². The van der Waals surface area contributed by atoms with Gasteiger partial charge in [0.2, 0.25) is 0 Å². The molecule has 0 heterocycles. The largest absolute Gasteiger partial charge is 0.462 e. The van der Waals surface area contributed by atoms with Gasteiger partial charge in [-0.2, -0.15) is 0 Å². The lowest BCUT2D eigenvalue weighted by atomic mass is 10.1. The van der Waals surface area contributed by atoms with Gasteiger partial charge in [-0.15, -0.1) is 0 Å². The van der Waals surface area contributed by atoms with Gasteiger partial charge >= 0.3 is 17.9 Å². The highest BCUT2D eigenvalue weighted by atomic mass is 16.6. The molecule has 0 saturated carbocycles. The average molecular weight is 1050 g/mol.